The number of ketones is 2. The van der Waals surface area contributed by atoms with E-state index in [2.05, 4.69) is 15.5 Å². The molecule has 0 fully saturated rings. The summed E-state index contributed by atoms with van der Waals surface area (Å²) in [6, 6.07) is 4.85. The lowest BCUT2D eigenvalue weighted by Crippen LogP contribution is -2.63. The number of amides is 1. The van der Waals surface area contributed by atoms with Crippen LogP contribution in [0.25, 0.3) is 10.8 Å². The highest BCUT2D eigenvalue weighted by Gasteiger charge is 2.60. The van der Waals surface area contributed by atoms with Crippen molar-refractivity contribution in [2.45, 2.75) is 38.8 Å². The van der Waals surface area contributed by atoms with E-state index < -0.39 is 52.1 Å². The molecule has 208 valence electrons. The van der Waals surface area contributed by atoms with Crippen LogP contribution in [-0.4, -0.2) is 60.2 Å². The second-order valence-corrected chi connectivity index (χ2v) is 9.87. The molecule has 0 spiro atoms. The molecule has 0 aliphatic heterocycles. The van der Waals surface area contributed by atoms with Crippen LogP contribution < -0.4 is 11.2 Å². The van der Waals surface area contributed by atoms with E-state index in [1.807, 2.05) is 0 Å². The number of aliphatic hydroxyl groups excluding tert-OH is 1. The largest absolute Gasteiger partial charge is 0.508 e. The van der Waals surface area contributed by atoms with E-state index in [1.165, 1.54) is 31.5 Å². The van der Waals surface area contributed by atoms with E-state index in [0.717, 1.165) is 0 Å². The minimum absolute atomic E-state index is 0. The number of nitrogens with one attached hydrogen (secondary N) is 1. The zero-order valence-electron chi connectivity index (χ0n) is 21.7. The van der Waals surface area contributed by atoms with Crippen LogP contribution >= 0.6 is 12.4 Å². The number of rotatable bonds is 3. The molecule has 0 unspecified atom stereocenters. The Kier molecular flexibility index (Phi) is 7.18. The molecule has 1 aromatic heterocycles. The van der Waals surface area contributed by atoms with E-state index in [0.29, 0.717) is 22.1 Å². The molecule has 2 aliphatic carbocycles. The number of hydrogen-bond donors (Lipinski definition) is 6. The molecule has 0 bridgehead atoms. The second-order valence-electron chi connectivity index (χ2n) is 9.87. The van der Waals surface area contributed by atoms with Crippen LogP contribution in [0, 0.1) is 19.8 Å². The highest BCUT2D eigenvalue weighted by atomic mass is 35.5. The number of hydrazone groups is 1. The van der Waals surface area contributed by atoms with E-state index >= 15 is 0 Å². The highest BCUT2D eigenvalue weighted by molar-refractivity contribution is 6.27. The van der Waals surface area contributed by atoms with E-state index in [-0.39, 0.29) is 46.8 Å². The number of carbonyl (C=O) groups excluding carboxylic acids is 3. The van der Waals surface area contributed by atoms with Gasteiger partial charge in [0.15, 0.2) is 11.4 Å². The van der Waals surface area contributed by atoms with E-state index in [4.69, 9.17) is 5.73 Å². The number of pyridine rings is 1. The first-order valence-electron chi connectivity index (χ1n) is 12.1. The number of aryl methyl sites for hydroxylation is 2. The molecule has 0 saturated carbocycles. The van der Waals surface area contributed by atoms with Crippen molar-refractivity contribution in [1.82, 2.24) is 10.4 Å². The summed E-state index contributed by atoms with van der Waals surface area (Å²) in [6.07, 6.45) is 2.71. The standard InChI is InChI=1S/C28H26N4O7.ClH/c1-11-4-5-15-12(2)16-10-17-21(29)24(35)18(13(3)31-32-27(38)14-6-8-30-9-7-14)25(36)28(17,39)26(37)20(16)23(34)19(15)22(11)33;/h4-9,17,21,33-34,36,39H,10,29H2,1-3H3,(H,32,38);1H/b31-13+;/t17-,21+,28+;/m0./s1. The van der Waals surface area contributed by atoms with Crippen molar-refractivity contribution < 1.29 is 34.8 Å². The summed E-state index contributed by atoms with van der Waals surface area (Å²) in [5, 5.41) is 49.2. The summed E-state index contributed by atoms with van der Waals surface area (Å²) >= 11 is 0. The van der Waals surface area contributed by atoms with Gasteiger partial charge in [-0.1, -0.05) is 12.1 Å². The van der Waals surface area contributed by atoms with Crippen molar-refractivity contribution >= 4 is 46.4 Å². The van der Waals surface area contributed by atoms with Gasteiger partial charge in [-0.3, -0.25) is 19.4 Å². The number of nitrogens with zero attached hydrogens (tertiary/aromatic N) is 2. The molecular weight excluding hydrogens is 540 g/mol. The number of phenols is 2. The van der Waals surface area contributed by atoms with Gasteiger partial charge in [0.2, 0.25) is 5.78 Å². The van der Waals surface area contributed by atoms with E-state index in [1.54, 1.807) is 26.0 Å². The van der Waals surface area contributed by atoms with Crippen LogP contribution in [0.15, 0.2) is 53.1 Å². The molecule has 0 radical (unpaired) electrons. The molecule has 2 aliphatic rings. The maximum Gasteiger partial charge on any atom is 0.271 e. The third kappa shape index (κ3) is 3.93. The number of aliphatic hydroxyl groups is 2. The number of phenolic OH excluding ortho intramolecular Hbond substituents is 2. The van der Waals surface area contributed by atoms with Gasteiger partial charge in [0.25, 0.3) is 5.91 Å². The molecule has 3 aromatic rings. The van der Waals surface area contributed by atoms with E-state index in [9.17, 15) is 34.8 Å². The van der Waals surface area contributed by atoms with Gasteiger partial charge < -0.3 is 26.2 Å². The van der Waals surface area contributed by atoms with Gasteiger partial charge in [0.1, 0.15) is 17.3 Å². The molecule has 11 nitrogen and oxygen atoms in total. The summed E-state index contributed by atoms with van der Waals surface area (Å²) < 4.78 is 0. The fourth-order valence-electron chi connectivity index (χ4n) is 5.53. The van der Waals surface area contributed by atoms with Crippen LogP contribution in [0.2, 0.25) is 0 Å². The fraction of sp³-hybridized carbons (Fsp3) is 0.250. The van der Waals surface area contributed by atoms with Gasteiger partial charge in [-0.15, -0.1) is 12.4 Å². The third-order valence-electron chi connectivity index (χ3n) is 7.76. The Hall–Kier alpha value is -4.32. The zero-order valence-corrected chi connectivity index (χ0v) is 22.5. The Morgan fingerprint density at radius 2 is 1.75 bits per heavy atom. The molecule has 7 N–H and O–H groups in total. The lowest BCUT2D eigenvalue weighted by molar-refractivity contribution is -0.122. The number of hydrogen-bond acceptors (Lipinski definition) is 10. The van der Waals surface area contributed by atoms with Crippen LogP contribution in [0.3, 0.4) is 0 Å². The van der Waals surface area contributed by atoms with Crippen molar-refractivity contribution in [1.29, 1.82) is 0 Å². The minimum Gasteiger partial charge on any atom is -0.508 e. The molecular formula is C28H27ClN4O7. The first-order chi connectivity index (χ1) is 18.4. The van der Waals surface area contributed by atoms with Gasteiger partial charge in [-0.05, 0) is 61.4 Å². The van der Waals surface area contributed by atoms with Gasteiger partial charge in [-0.2, -0.15) is 5.10 Å². The molecule has 40 heavy (non-hydrogen) atoms. The summed E-state index contributed by atoms with van der Waals surface area (Å²) in [7, 11) is 0. The van der Waals surface area contributed by atoms with Crippen LogP contribution in [0.5, 0.6) is 11.5 Å². The molecule has 5 rings (SSSR count). The quantitative estimate of drug-likeness (QED) is 0.203. The first kappa shape index (κ1) is 28.7. The number of aromatic nitrogens is 1. The van der Waals surface area contributed by atoms with Crippen molar-refractivity contribution in [3.05, 3.63) is 75.8 Å². The maximum absolute atomic E-state index is 13.9. The number of carbonyl (C=O) groups is 3. The van der Waals surface area contributed by atoms with Crippen LogP contribution in [0.1, 0.15) is 44.3 Å². The second kappa shape index (κ2) is 10.0. The number of Topliss-reactive ketones (excluding diaryl/α,β-unsaturated/α-hetero) is 2. The number of aromatic hydroxyl groups is 2. The van der Waals surface area contributed by atoms with Crippen molar-refractivity contribution in [2.24, 2.45) is 16.8 Å². The lowest BCUT2D eigenvalue weighted by Gasteiger charge is -2.45. The Balaban J connectivity index is 0.00000370. The molecule has 0 saturated heterocycles. The molecule has 1 amide bonds. The minimum atomic E-state index is -2.67. The number of benzene rings is 2. The Morgan fingerprint density at radius 1 is 1.10 bits per heavy atom. The topological polar surface area (TPSA) is 195 Å². The average Bonchev–Trinajstić information content (AvgIpc) is 2.92. The molecule has 12 heteroatoms. The summed E-state index contributed by atoms with van der Waals surface area (Å²) in [5.74, 6) is -5.44. The zero-order chi connectivity index (χ0) is 28.4. The van der Waals surface area contributed by atoms with Gasteiger partial charge in [0, 0.05) is 23.9 Å². The van der Waals surface area contributed by atoms with Crippen LogP contribution in [0.4, 0.5) is 0 Å². The van der Waals surface area contributed by atoms with Crippen molar-refractivity contribution in [3.8, 4) is 11.5 Å². The fourth-order valence-corrected chi connectivity index (χ4v) is 5.53. The monoisotopic (exact) mass is 566 g/mol. The Morgan fingerprint density at radius 3 is 2.40 bits per heavy atom. The number of nitrogens with two attached hydrogens (primary N) is 1. The van der Waals surface area contributed by atoms with Crippen LogP contribution in [-0.2, 0) is 11.2 Å². The smallest absolute Gasteiger partial charge is 0.271 e. The molecule has 1 heterocycles. The lowest BCUT2D eigenvalue weighted by atomic mass is 9.61. The summed E-state index contributed by atoms with van der Waals surface area (Å²) in [5.41, 5.74) is 6.51. The molecule has 3 atom stereocenters. The first-order valence-corrected chi connectivity index (χ1v) is 12.1. The van der Waals surface area contributed by atoms with Crippen molar-refractivity contribution in [3.63, 3.8) is 0 Å². The number of halogens is 1. The average molecular weight is 567 g/mol. The molecule has 2 aromatic carbocycles. The Bertz CT molecular complexity index is 1670. The highest BCUT2D eigenvalue weighted by Crippen LogP contribution is 2.50. The van der Waals surface area contributed by atoms with Crippen molar-refractivity contribution in [2.75, 3.05) is 0 Å². The van der Waals surface area contributed by atoms with Gasteiger partial charge >= 0.3 is 0 Å². The Labute approximate surface area is 234 Å². The SMILES string of the molecule is C/C(=N\NC(=O)c1ccncc1)C1=C(O)[C@@]2(O)C(=O)c3c(c(C)c4ccc(C)c(O)c4c3O)C[C@H]2[C@@H](N)C1=O.Cl. The number of fused-ring (bicyclic) bond motifs is 3. The predicted molar refractivity (Wildman–Crippen MR) is 148 cm³/mol. The summed E-state index contributed by atoms with van der Waals surface area (Å²) in [4.78, 5) is 43.4. The predicted octanol–water partition coefficient (Wildman–Crippen LogP) is 2.30. The normalized spacial score (nSPS) is 22.5. The maximum atomic E-state index is 13.9. The van der Waals surface area contributed by atoms with Gasteiger partial charge in [-0.25, -0.2) is 5.43 Å². The summed E-state index contributed by atoms with van der Waals surface area (Å²) in [6.45, 7) is 4.65. The van der Waals surface area contributed by atoms with Gasteiger partial charge in [0.05, 0.1) is 28.3 Å². The third-order valence-corrected chi connectivity index (χ3v) is 7.76.